The Kier molecular flexibility index (Phi) is 3.48. The molecule has 0 amide bonds. The molecule has 1 aliphatic rings. The maximum atomic E-state index is 9.63. The highest BCUT2D eigenvalue weighted by Gasteiger charge is 2.39. The second-order valence-corrected chi connectivity index (χ2v) is 6.70. The molecule has 0 bridgehead atoms. The van der Waals surface area contributed by atoms with E-state index in [0.717, 1.165) is 18.8 Å². The van der Waals surface area contributed by atoms with Crippen molar-refractivity contribution in [2.24, 2.45) is 11.3 Å². The fraction of sp³-hybridized carbons (Fsp3) is 0.588. The molecular formula is C17H23N. The van der Waals surface area contributed by atoms with Gasteiger partial charge in [-0.05, 0) is 42.6 Å². The van der Waals surface area contributed by atoms with Gasteiger partial charge in [-0.3, -0.25) is 0 Å². The molecule has 1 saturated carbocycles. The molecule has 0 heterocycles. The monoisotopic (exact) mass is 241 g/mol. The van der Waals surface area contributed by atoms with E-state index >= 15 is 0 Å². The second-order valence-electron chi connectivity index (χ2n) is 6.70. The lowest BCUT2D eigenvalue weighted by atomic mass is 9.62. The lowest BCUT2D eigenvalue weighted by molar-refractivity contribution is 0.151. The molecule has 0 N–H and O–H groups in total. The number of nitrogens with zero attached hydrogens (tertiary/aromatic N) is 1. The minimum atomic E-state index is -0.233. The molecule has 1 aromatic carbocycles. The molecule has 0 spiro atoms. The van der Waals surface area contributed by atoms with Crippen LogP contribution >= 0.6 is 0 Å². The summed E-state index contributed by atoms with van der Waals surface area (Å²) < 4.78 is 0. The zero-order chi connectivity index (χ0) is 13.2. The topological polar surface area (TPSA) is 23.8 Å². The normalized spacial score (nSPS) is 28.7. The summed E-state index contributed by atoms with van der Waals surface area (Å²) in [6.07, 6.45) is 4.36. The van der Waals surface area contributed by atoms with Crippen molar-refractivity contribution in [3.63, 3.8) is 0 Å². The van der Waals surface area contributed by atoms with Gasteiger partial charge in [0, 0.05) is 0 Å². The Bertz CT molecular complexity index is 425. The first-order valence-corrected chi connectivity index (χ1v) is 6.95. The molecule has 0 atom stereocenters. The van der Waals surface area contributed by atoms with E-state index in [1.807, 2.05) is 18.2 Å². The molecule has 0 radical (unpaired) electrons. The number of benzene rings is 1. The van der Waals surface area contributed by atoms with Crippen molar-refractivity contribution >= 4 is 0 Å². The van der Waals surface area contributed by atoms with Crippen molar-refractivity contribution in [1.29, 1.82) is 5.26 Å². The third kappa shape index (κ3) is 2.43. The summed E-state index contributed by atoms with van der Waals surface area (Å²) >= 11 is 0. The van der Waals surface area contributed by atoms with Crippen LogP contribution in [0.25, 0.3) is 0 Å². The first-order valence-electron chi connectivity index (χ1n) is 6.95. The van der Waals surface area contributed by atoms with E-state index in [0.29, 0.717) is 5.41 Å². The molecule has 0 aliphatic heterocycles. The van der Waals surface area contributed by atoms with Crippen LogP contribution in [-0.4, -0.2) is 0 Å². The fourth-order valence-electron chi connectivity index (χ4n) is 3.20. The average Bonchev–Trinajstić information content (AvgIpc) is 2.39. The van der Waals surface area contributed by atoms with Crippen molar-refractivity contribution in [1.82, 2.24) is 0 Å². The molecule has 1 heteroatoms. The van der Waals surface area contributed by atoms with Crippen LogP contribution in [0.2, 0.25) is 0 Å². The number of hydrogen-bond donors (Lipinski definition) is 0. The third-order valence-electron chi connectivity index (χ3n) is 4.60. The minimum absolute atomic E-state index is 0.233. The van der Waals surface area contributed by atoms with Gasteiger partial charge in [0.1, 0.15) is 0 Å². The summed E-state index contributed by atoms with van der Waals surface area (Å²) in [6, 6.07) is 12.9. The molecule has 1 fully saturated rings. The molecule has 0 unspecified atom stereocenters. The van der Waals surface area contributed by atoms with Crippen LogP contribution in [0.15, 0.2) is 30.3 Å². The van der Waals surface area contributed by atoms with Gasteiger partial charge in [0.25, 0.3) is 0 Å². The zero-order valence-corrected chi connectivity index (χ0v) is 11.7. The summed E-state index contributed by atoms with van der Waals surface area (Å²) in [6.45, 7) is 6.96. The standard InChI is InChI=1S/C17H23N/c1-16(2,3)14-9-11-17(13-18,12-10-14)15-7-5-4-6-8-15/h4-8,14H,9-12H2,1-3H3. The maximum absolute atomic E-state index is 9.63. The smallest absolute Gasteiger partial charge is 0.0822 e. The van der Waals surface area contributed by atoms with Gasteiger partial charge >= 0.3 is 0 Å². The largest absolute Gasteiger partial charge is 0.197 e. The van der Waals surface area contributed by atoms with Crippen LogP contribution in [-0.2, 0) is 5.41 Å². The maximum Gasteiger partial charge on any atom is 0.0822 e. The van der Waals surface area contributed by atoms with Crippen LogP contribution in [0.1, 0.15) is 52.0 Å². The summed E-state index contributed by atoms with van der Waals surface area (Å²) in [4.78, 5) is 0. The molecule has 18 heavy (non-hydrogen) atoms. The molecule has 0 aromatic heterocycles. The fourth-order valence-corrected chi connectivity index (χ4v) is 3.20. The Morgan fingerprint density at radius 2 is 1.67 bits per heavy atom. The Morgan fingerprint density at radius 3 is 2.11 bits per heavy atom. The first kappa shape index (κ1) is 13.1. The second kappa shape index (κ2) is 4.76. The van der Waals surface area contributed by atoms with Crippen molar-refractivity contribution in [3.05, 3.63) is 35.9 Å². The lowest BCUT2D eigenvalue weighted by Gasteiger charge is -2.40. The van der Waals surface area contributed by atoms with E-state index in [1.165, 1.54) is 18.4 Å². The molecule has 1 aliphatic carbocycles. The Hall–Kier alpha value is -1.29. The van der Waals surface area contributed by atoms with Crippen LogP contribution in [0.3, 0.4) is 0 Å². The molecule has 0 saturated heterocycles. The first-order chi connectivity index (χ1) is 8.48. The van der Waals surface area contributed by atoms with Crippen LogP contribution in [0.5, 0.6) is 0 Å². The van der Waals surface area contributed by atoms with E-state index in [-0.39, 0.29) is 5.41 Å². The number of nitriles is 1. The highest BCUT2D eigenvalue weighted by atomic mass is 14.5. The molecular weight excluding hydrogens is 218 g/mol. The van der Waals surface area contributed by atoms with Gasteiger partial charge in [-0.15, -0.1) is 0 Å². The molecule has 2 rings (SSSR count). The zero-order valence-electron chi connectivity index (χ0n) is 11.7. The highest BCUT2D eigenvalue weighted by molar-refractivity contribution is 5.33. The molecule has 1 nitrogen and oxygen atoms in total. The van der Waals surface area contributed by atoms with E-state index in [9.17, 15) is 5.26 Å². The number of rotatable bonds is 1. The Balaban J connectivity index is 2.18. The van der Waals surface area contributed by atoms with Crippen molar-refractivity contribution < 1.29 is 0 Å². The van der Waals surface area contributed by atoms with Crippen molar-refractivity contribution in [3.8, 4) is 6.07 Å². The van der Waals surface area contributed by atoms with Gasteiger partial charge in [-0.1, -0.05) is 51.1 Å². The summed E-state index contributed by atoms with van der Waals surface area (Å²) in [5.74, 6) is 0.752. The van der Waals surface area contributed by atoms with Gasteiger partial charge in [0.15, 0.2) is 0 Å². The van der Waals surface area contributed by atoms with Gasteiger partial charge in [0.05, 0.1) is 11.5 Å². The van der Waals surface area contributed by atoms with E-state index in [2.05, 4.69) is 39.0 Å². The van der Waals surface area contributed by atoms with Gasteiger partial charge in [-0.2, -0.15) is 5.26 Å². The van der Waals surface area contributed by atoms with E-state index in [4.69, 9.17) is 0 Å². The van der Waals surface area contributed by atoms with E-state index < -0.39 is 0 Å². The number of hydrogen-bond acceptors (Lipinski definition) is 1. The van der Waals surface area contributed by atoms with Crippen LogP contribution < -0.4 is 0 Å². The summed E-state index contributed by atoms with van der Waals surface area (Å²) in [5.41, 5.74) is 1.35. The summed E-state index contributed by atoms with van der Waals surface area (Å²) in [7, 11) is 0. The third-order valence-corrected chi connectivity index (χ3v) is 4.60. The predicted octanol–water partition coefficient (Wildman–Crippen LogP) is 4.68. The summed E-state index contributed by atoms with van der Waals surface area (Å²) in [5, 5.41) is 9.63. The quantitative estimate of drug-likeness (QED) is 0.700. The molecule has 96 valence electrons. The lowest BCUT2D eigenvalue weighted by Crippen LogP contribution is -2.34. The van der Waals surface area contributed by atoms with Gasteiger partial charge in [0.2, 0.25) is 0 Å². The van der Waals surface area contributed by atoms with Crippen LogP contribution in [0.4, 0.5) is 0 Å². The van der Waals surface area contributed by atoms with Crippen molar-refractivity contribution in [2.45, 2.75) is 51.9 Å². The average molecular weight is 241 g/mol. The molecule has 1 aromatic rings. The van der Waals surface area contributed by atoms with Gasteiger partial charge < -0.3 is 0 Å². The SMILES string of the molecule is CC(C)(C)C1CCC(C#N)(c2ccccc2)CC1. The Labute approximate surface area is 111 Å². The van der Waals surface area contributed by atoms with Crippen LogP contribution in [0, 0.1) is 22.7 Å². The van der Waals surface area contributed by atoms with Gasteiger partial charge in [-0.25, -0.2) is 0 Å². The Morgan fingerprint density at radius 1 is 1.11 bits per heavy atom. The predicted molar refractivity (Wildman–Crippen MR) is 75.1 cm³/mol. The van der Waals surface area contributed by atoms with E-state index in [1.54, 1.807) is 0 Å². The highest BCUT2D eigenvalue weighted by Crippen LogP contribution is 2.46. The van der Waals surface area contributed by atoms with Crippen molar-refractivity contribution in [2.75, 3.05) is 0 Å². The minimum Gasteiger partial charge on any atom is -0.197 e.